The molecule has 4 nitrogen and oxygen atoms in total. The van der Waals surface area contributed by atoms with Gasteiger partial charge in [-0.25, -0.2) is 9.97 Å². The van der Waals surface area contributed by atoms with E-state index in [2.05, 4.69) is 31.2 Å². The van der Waals surface area contributed by atoms with Crippen molar-refractivity contribution < 1.29 is 4.74 Å². The van der Waals surface area contributed by atoms with E-state index in [0.717, 1.165) is 16.0 Å². The van der Waals surface area contributed by atoms with Crippen molar-refractivity contribution in [2.75, 3.05) is 11.9 Å². The van der Waals surface area contributed by atoms with Gasteiger partial charge >= 0.3 is 0 Å². The summed E-state index contributed by atoms with van der Waals surface area (Å²) in [7, 11) is 0. The molecule has 2 aromatic rings. The zero-order valence-electron chi connectivity index (χ0n) is 10.1. The van der Waals surface area contributed by atoms with E-state index in [1.165, 1.54) is 0 Å². The number of hydrogen-bond donors (Lipinski definition) is 1. The smallest absolute Gasteiger partial charge is 0.213 e. The van der Waals surface area contributed by atoms with Crippen LogP contribution in [-0.2, 0) is 6.54 Å². The van der Waals surface area contributed by atoms with E-state index >= 15 is 0 Å². The molecule has 0 atom stereocenters. The molecule has 0 aliphatic carbocycles. The maximum absolute atomic E-state index is 5.35. The molecular weight excluding hydrogens is 294 g/mol. The first-order valence-corrected chi connectivity index (χ1v) is 6.51. The molecule has 2 heterocycles. The van der Waals surface area contributed by atoms with Gasteiger partial charge in [-0.2, -0.15) is 0 Å². The van der Waals surface area contributed by atoms with Crippen LogP contribution in [0.1, 0.15) is 12.6 Å². The van der Waals surface area contributed by atoms with E-state index in [1.54, 1.807) is 6.20 Å². The SMILES string of the molecule is CCOc1cccc(CNc2ccc(Br)cn2)n1. The average Bonchev–Trinajstić information content (AvgIpc) is 2.39. The van der Waals surface area contributed by atoms with E-state index in [-0.39, 0.29) is 0 Å². The fourth-order valence-electron chi connectivity index (χ4n) is 1.45. The van der Waals surface area contributed by atoms with E-state index in [4.69, 9.17) is 4.74 Å². The number of pyridine rings is 2. The van der Waals surface area contributed by atoms with Gasteiger partial charge in [0.1, 0.15) is 5.82 Å². The molecular formula is C13H14BrN3O. The van der Waals surface area contributed by atoms with Crippen molar-refractivity contribution >= 4 is 21.7 Å². The Balaban J connectivity index is 1.97. The third-order valence-electron chi connectivity index (χ3n) is 2.25. The van der Waals surface area contributed by atoms with Gasteiger partial charge in [-0.1, -0.05) is 6.07 Å². The van der Waals surface area contributed by atoms with Gasteiger partial charge in [0.05, 0.1) is 18.8 Å². The topological polar surface area (TPSA) is 47.0 Å². The Morgan fingerprint density at radius 3 is 2.89 bits per heavy atom. The van der Waals surface area contributed by atoms with Gasteiger partial charge in [0.2, 0.25) is 5.88 Å². The lowest BCUT2D eigenvalue weighted by Gasteiger charge is -2.07. The van der Waals surface area contributed by atoms with E-state index < -0.39 is 0 Å². The normalized spacial score (nSPS) is 10.1. The zero-order valence-corrected chi connectivity index (χ0v) is 11.6. The molecule has 2 rings (SSSR count). The lowest BCUT2D eigenvalue weighted by Crippen LogP contribution is -2.04. The van der Waals surface area contributed by atoms with Gasteiger partial charge in [0.25, 0.3) is 0 Å². The van der Waals surface area contributed by atoms with Crippen LogP contribution < -0.4 is 10.1 Å². The third-order valence-corrected chi connectivity index (χ3v) is 2.72. The van der Waals surface area contributed by atoms with Gasteiger partial charge in [-0.05, 0) is 41.1 Å². The van der Waals surface area contributed by atoms with E-state index in [1.807, 2.05) is 37.3 Å². The molecule has 5 heteroatoms. The summed E-state index contributed by atoms with van der Waals surface area (Å²) < 4.78 is 6.32. The largest absolute Gasteiger partial charge is 0.478 e. The van der Waals surface area contributed by atoms with Crippen LogP contribution in [0.25, 0.3) is 0 Å². The van der Waals surface area contributed by atoms with Crippen LogP contribution >= 0.6 is 15.9 Å². The number of aromatic nitrogens is 2. The zero-order chi connectivity index (χ0) is 12.8. The first kappa shape index (κ1) is 12.8. The molecule has 0 saturated heterocycles. The van der Waals surface area contributed by atoms with Crippen molar-refractivity contribution in [1.29, 1.82) is 0 Å². The quantitative estimate of drug-likeness (QED) is 0.921. The molecule has 0 bridgehead atoms. The second-order valence-corrected chi connectivity index (χ2v) is 4.53. The Labute approximate surface area is 115 Å². The maximum atomic E-state index is 5.35. The lowest BCUT2D eigenvalue weighted by atomic mass is 10.3. The van der Waals surface area contributed by atoms with Crippen molar-refractivity contribution in [2.24, 2.45) is 0 Å². The Hall–Kier alpha value is -1.62. The van der Waals surface area contributed by atoms with Gasteiger partial charge < -0.3 is 10.1 Å². The maximum Gasteiger partial charge on any atom is 0.213 e. The van der Waals surface area contributed by atoms with Gasteiger partial charge in [0.15, 0.2) is 0 Å². The number of hydrogen-bond acceptors (Lipinski definition) is 4. The fourth-order valence-corrected chi connectivity index (χ4v) is 1.68. The Morgan fingerprint density at radius 1 is 1.28 bits per heavy atom. The summed E-state index contributed by atoms with van der Waals surface area (Å²) >= 11 is 3.35. The summed E-state index contributed by atoms with van der Waals surface area (Å²) in [6, 6.07) is 9.60. The summed E-state index contributed by atoms with van der Waals surface area (Å²) in [4.78, 5) is 8.61. The van der Waals surface area contributed by atoms with Crippen LogP contribution in [0.2, 0.25) is 0 Å². The first-order valence-electron chi connectivity index (χ1n) is 5.72. The van der Waals surface area contributed by atoms with Crippen LogP contribution in [-0.4, -0.2) is 16.6 Å². The highest BCUT2D eigenvalue weighted by atomic mass is 79.9. The number of nitrogens with zero attached hydrogens (tertiary/aromatic N) is 2. The molecule has 0 saturated carbocycles. The van der Waals surface area contributed by atoms with Gasteiger partial charge in [0, 0.05) is 16.7 Å². The standard InChI is InChI=1S/C13H14BrN3O/c1-2-18-13-5-3-4-11(17-13)9-16-12-7-6-10(14)8-15-12/h3-8H,2,9H2,1H3,(H,15,16). The highest BCUT2D eigenvalue weighted by Crippen LogP contribution is 2.12. The van der Waals surface area contributed by atoms with Crippen LogP contribution in [0.5, 0.6) is 5.88 Å². The molecule has 18 heavy (non-hydrogen) atoms. The van der Waals surface area contributed by atoms with Crippen LogP contribution in [0, 0.1) is 0 Å². The lowest BCUT2D eigenvalue weighted by molar-refractivity contribution is 0.326. The molecule has 0 aliphatic heterocycles. The average molecular weight is 308 g/mol. The van der Waals surface area contributed by atoms with Crippen molar-refractivity contribution in [2.45, 2.75) is 13.5 Å². The third kappa shape index (κ3) is 3.70. The molecule has 0 radical (unpaired) electrons. The van der Waals surface area contributed by atoms with Gasteiger partial charge in [-0.3, -0.25) is 0 Å². The van der Waals surface area contributed by atoms with Crippen LogP contribution in [0.15, 0.2) is 41.0 Å². The molecule has 94 valence electrons. The minimum absolute atomic E-state index is 0.621. The molecule has 0 spiro atoms. The minimum atomic E-state index is 0.621. The van der Waals surface area contributed by atoms with Gasteiger partial charge in [-0.15, -0.1) is 0 Å². The molecule has 0 aliphatic rings. The van der Waals surface area contributed by atoms with Crippen molar-refractivity contribution in [1.82, 2.24) is 9.97 Å². The molecule has 0 amide bonds. The van der Waals surface area contributed by atoms with Crippen molar-refractivity contribution in [3.63, 3.8) is 0 Å². The predicted molar refractivity (Wildman–Crippen MR) is 74.7 cm³/mol. The van der Waals surface area contributed by atoms with E-state index in [0.29, 0.717) is 19.0 Å². The highest BCUT2D eigenvalue weighted by molar-refractivity contribution is 9.10. The van der Waals surface area contributed by atoms with Crippen molar-refractivity contribution in [3.8, 4) is 5.88 Å². The molecule has 1 N–H and O–H groups in total. The number of ether oxygens (including phenoxy) is 1. The van der Waals surface area contributed by atoms with Crippen LogP contribution in [0.4, 0.5) is 5.82 Å². The Kier molecular flexibility index (Phi) is 4.52. The number of anilines is 1. The Bertz CT molecular complexity index is 502. The summed E-state index contributed by atoms with van der Waals surface area (Å²) in [5, 5.41) is 3.21. The predicted octanol–water partition coefficient (Wildman–Crippen LogP) is 3.25. The molecule has 0 fully saturated rings. The number of nitrogens with one attached hydrogen (secondary N) is 1. The highest BCUT2D eigenvalue weighted by Gasteiger charge is 1.99. The second kappa shape index (κ2) is 6.35. The second-order valence-electron chi connectivity index (χ2n) is 3.62. The summed E-state index contributed by atoms with van der Waals surface area (Å²) in [6.45, 7) is 3.19. The van der Waals surface area contributed by atoms with E-state index in [9.17, 15) is 0 Å². The molecule has 0 unspecified atom stereocenters. The molecule has 2 aromatic heterocycles. The Morgan fingerprint density at radius 2 is 2.17 bits per heavy atom. The number of halogens is 1. The first-order chi connectivity index (χ1) is 8.78. The monoisotopic (exact) mass is 307 g/mol. The minimum Gasteiger partial charge on any atom is -0.478 e. The summed E-state index contributed by atoms with van der Waals surface area (Å²) in [5.41, 5.74) is 0.922. The van der Waals surface area contributed by atoms with Crippen LogP contribution in [0.3, 0.4) is 0 Å². The summed E-state index contributed by atoms with van der Waals surface area (Å²) in [5.74, 6) is 1.47. The van der Waals surface area contributed by atoms with Crippen molar-refractivity contribution in [3.05, 3.63) is 46.7 Å². The fraction of sp³-hybridized carbons (Fsp3) is 0.231. The molecule has 0 aromatic carbocycles. The summed E-state index contributed by atoms with van der Waals surface area (Å²) in [6.07, 6.45) is 1.76. The number of rotatable bonds is 5.